The predicted octanol–water partition coefficient (Wildman–Crippen LogP) is 3.59. The van der Waals surface area contributed by atoms with E-state index in [1.54, 1.807) is 0 Å². The van der Waals surface area contributed by atoms with Gasteiger partial charge in [0.15, 0.2) is 0 Å². The van der Waals surface area contributed by atoms with Crippen molar-refractivity contribution in [2.45, 2.75) is 44.7 Å². The maximum Gasteiger partial charge on any atom is 0.0406 e. The first-order chi connectivity index (χ1) is 9.00. The Labute approximate surface area is 123 Å². The highest BCUT2D eigenvalue weighted by atomic mass is 35.5. The van der Waals surface area contributed by atoms with E-state index in [1.807, 2.05) is 12.1 Å². The average Bonchev–Trinajstić information content (AvgIpc) is 2.41. The second-order valence-corrected chi connectivity index (χ2v) is 5.81. The summed E-state index contributed by atoms with van der Waals surface area (Å²) in [5.74, 6) is 0. The number of halogens is 1. The van der Waals surface area contributed by atoms with Crippen LogP contribution in [0.2, 0.25) is 5.02 Å². The third-order valence-corrected chi connectivity index (χ3v) is 4.72. The number of rotatable bonds is 7. The second kappa shape index (κ2) is 7.28. The topological polar surface area (TPSA) is 15.3 Å². The van der Waals surface area contributed by atoms with Gasteiger partial charge in [-0.15, -0.1) is 0 Å². The molecule has 0 aliphatic carbocycles. The standard InChI is InChI=1S/C16H27ClN2/c1-6-16(7-2,19(4)5)15(18-3)12-13-8-10-14(17)11-9-13/h8-11,15,18H,6-7,12H2,1-5H3. The zero-order valence-electron chi connectivity index (χ0n) is 12.8. The summed E-state index contributed by atoms with van der Waals surface area (Å²) in [6, 6.07) is 8.62. The average molecular weight is 283 g/mol. The van der Waals surface area contributed by atoms with E-state index in [-0.39, 0.29) is 5.54 Å². The summed E-state index contributed by atoms with van der Waals surface area (Å²) in [5, 5.41) is 4.32. The zero-order chi connectivity index (χ0) is 14.5. The highest BCUT2D eigenvalue weighted by Gasteiger charge is 2.36. The minimum Gasteiger partial charge on any atom is -0.315 e. The third-order valence-electron chi connectivity index (χ3n) is 4.47. The largest absolute Gasteiger partial charge is 0.315 e. The fraction of sp³-hybridized carbons (Fsp3) is 0.625. The van der Waals surface area contributed by atoms with E-state index < -0.39 is 0 Å². The highest BCUT2D eigenvalue weighted by Crippen LogP contribution is 2.28. The summed E-state index contributed by atoms with van der Waals surface area (Å²) in [5.41, 5.74) is 1.52. The number of nitrogens with zero attached hydrogens (tertiary/aromatic N) is 1. The Bertz CT molecular complexity index is 369. The van der Waals surface area contributed by atoms with Crippen LogP contribution in [-0.4, -0.2) is 37.6 Å². The number of hydrogen-bond acceptors (Lipinski definition) is 2. The lowest BCUT2D eigenvalue weighted by molar-refractivity contribution is 0.0917. The SMILES string of the molecule is CCC(CC)(C(Cc1ccc(Cl)cc1)NC)N(C)C. The van der Waals surface area contributed by atoms with Crippen molar-refractivity contribution >= 4 is 11.6 Å². The molecule has 0 radical (unpaired) electrons. The van der Waals surface area contributed by atoms with Gasteiger partial charge < -0.3 is 10.2 Å². The molecule has 0 aromatic heterocycles. The summed E-state index contributed by atoms with van der Waals surface area (Å²) < 4.78 is 0. The van der Waals surface area contributed by atoms with Crippen molar-refractivity contribution in [2.24, 2.45) is 0 Å². The lowest BCUT2D eigenvalue weighted by Crippen LogP contribution is -2.58. The van der Waals surface area contributed by atoms with Crippen LogP contribution in [0.1, 0.15) is 32.3 Å². The Morgan fingerprint density at radius 1 is 1.16 bits per heavy atom. The molecule has 0 aliphatic rings. The third kappa shape index (κ3) is 3.71. The molecule has 1 unspecified atom stereocenters. The van der Waals surface area contributed by atoms with Gasteiger partial charge in [-0.2, -0.15) is 0 Å². The van der Waals surface area contributed by atoms with E-state index >= 15 is 0 Å². The van der Waals surface area contributed by atoms with Gasteiger partial charge in [-0.25, -0.2) is 0 Å². The molecule has 0 spiro atoms. The molecule has 108 valence electrons. The van der Waals surface area contributed by atoms with Crippen LogP contribution in [0.5, 0.6) is 0 Å². The van der Waals surface area contributed by atoms with Crippen LogP contribution >= 0.6 is 11.6 Å². The summed E-state index contributed by atoms with van der Waals surface area (Å²) in [7, 11) is 6.42. The molecule has 19 heavy (non-hydrogen) atoms. The molecule has 1 aromatic carbocycles. The first-order valence-electron chi connectivity index (χ1n) is 7.09. The van der Waals surface area contributed by atoms with E-state index in [4.69, 9.17) is 11.6 Å². The summed E-state index contributed by atoms with van der Waals surface area (Å²) in [6.45, 7) is 4.55. The van der Waals surface area contributed by atoms with E-state index in [9.17, 15) is 0 Å². The highest BCUT2D eigenvalue weighted by molar-refractivity contribution is 6.30. The van der Waals surface area contributed by atoms with Crippen LogP contribution in [0.25, 0.3) is 0 Å². The minimum absolute atomic E-state index is 0.189. The van der Waals surface area contributed by atoms with Gasteiger partial charge >= 0.3 is 0 Å². The summed E-state index contributed by atoms with van der Waals surface area (Å²) in [4.78, 5) is 2.37. The van der Waals surface area contributed by atoms with Crippen LogP contribution in [0.3, 0.4) is 0 Å². The number of nitrogens with one attached hydrogen (secondary N) is 1. The minimum atomic E-state index is 0.189. The predicted molar refractivity (Wildman–Crippen MR) is 85.0 cm³/mol. The molecular formula is C16H27ClN2. The van der Waals surface area contributed by atoms with Crippen LogP contribution < -0.4 is 5.32 Å². The first kappa shape index (κ1) is 16.5. The fourth-order valence-electron chi connectivity index (χ4n) is 3.10. The Kier molecular flexibility index (Phi) is 6.31. The maximum atomic E-state index is 5.95. The van der Waals surface area contributed by atoms with E-state index in [2.05, 4.69) is 57.3 Å². The van der Waals surface area contributed by atoms with Crippen molar-refractivity contribution < 1.29 is 0 Å². The van der Waals surface area contributed by atoms with Gasteiger partial charge in [0.1, 0.15) is 0 Å². The number of likely N-dealkylation sites (N-methyl/N-ethyl adjacent to an activating group) is 2. The van der Waals surface area contributed by atoms with Gasteiger partial charge in [0.05, 0.1) is 0 Å². The Balaban J connectivity index is 2.95. The molecule has 1 N–H and O–H groups in total. The van der Waals surface area contributed by atoms with Crippen LogP contribution in [0.4, 0.5) is 0 Å². The second-order valence-electron chi connectivity index (χ2n) is 5.38. The van der Waals surface area contributed by atoms with Crippen molar-refractivity contribution in [3.8, 4) is 0 Å². The van der Waals surface area contributed by atoms with E-state index in [1.165, 1.54) is 5.56 Å². The quantitative estimate of drug-likeness (QED) is 0.822. The van der Waals surface area contributed by atoms with Gasteiger partial charge in [-0.1, -0.05) is 37.6 Å². The van der Waals surface area contributed by atoms with Gasteiger partial charge in [-0.05, 0) is 58.1 Å². The molecule has 0 saturated heterocycles. The summed E-state index contributed by atoms with van der Waals surface area (Å²) >= 11 is 5.95. The molecule has 0 aliphatic heterocycles. The molecule has 1 rings (SSSR count). The van der Waals surface area contributed by atoms with Crippen molar-refractivity contribution in [2.75, 3.05) is 21.1 Å². The van der Waals surface area contributed by atoms with Crippen molar-refractivity contribution in [1.29, 1.82) is 0 Å². The van der Waals surface area contributed by atoms with Gasteiger partial charge in [-0.3, -0.25) is 0 Å². The van der Waals surface area contributed by atoms with E-state index in [0.717, 1.165) is 24.3 Å². The molecule has 0 bridgehead atoms. The number of hydrogen-bond donors (Lipinski definition) is 1. The van der Waals surface area contributed by atoms with Crippen molar-refractivity contribution in [3.63, 3.8) is 0 Å². The summed E-state index contributed by atoms with van der Waals surface area (Å²) in [6.07, 6.45) is 3.29. The van der Waals surface area contributed by atoms with Gasteiger partial charge in [0, 0.05) is 16.6 Å². The van der Waals surface area contributed by atoms with Crippen LogP contribution in [-0.2, 0) is 6.42 Å². The zero-order valence-corrected chi connectivity index (χ0v) is 13.6. The molecule has 0 fully saturated rings. The van der Waals surface area contributed by atoms with E-state index in [0.29, 0.717) is 6.04 Å². The monoisotopic (exact) mass is 282 g/mol. The van der Waals surface area contributed by atoms with Gasteiger partial charge in [0.2, 0.25) is 0 Å². The lowest BCUT2D eigenvalue weighted by Gasteiger charge is -2.45. The van der Waals surface area contributed by atoms with Crippen LogP contribution in [0, 0.1) is 0 Å². The molecule has 0 amide bonds. The maximum absolute atomic E-state index is 5.95. The van der Waals surface area contributed by atoms with Crippen molar-refractivity contribution in [1.82, 2.24) is 10.2 Å². The molecule has 0 heterocycles. The normalized spacial score (nSPS) is 13.8. The molecule has 2 nitrogen and oxygen atoms in total. The molecule has 1 atom stereocenters. The Morgan fingerprint density at radius 3 is 2.05 bits per heavy atom. The molecule has 1 aromatic rings. The van der Waals surface area contributed by atoms with Crippen molar-refractivity contribution in [3.05, 3.63) is 34.9 Å². The fourth-order valence-corrected chi connectivity index (χ4v) is 3.23. The lowest BCUT2D eigenvalue weighted by atomic mass is 9.80. The molecule has 0 saturated carbocycles. The Hall–Kier alpha value is -0.570. The van der Waals surface area contributed by atoms with Crippen LogP contribution in [0.15, 0.2) is 24.3 Å². The van der Waals surface area contributed by atoms with Gasteiger partial charge in [0.25, 0.3) is 0 Å². The number of benzene rings is 1. The first-order valence-corrected chi connectivity index (χ1v) is 7.47. The molecular weight excluding hydrogens is 256 g/mol. The smallest absolute Gasteiger partial charge is 0.0406 e. The Morgan fingerprint density at radius 2 is 1.68 bits per heavy atom. The molecule has 3 heteroatoms.